The summed E-state index contributed by atoms with van der Waals surface area (Å²) in [5.74, 6) is -0.557. The summed E-state index contributed by atoms with van der Waals surface area (Å²) in [7, 11) is 1.51. The van der Waals surface area contributed by atoms with E-state index in [9.17, 15) is 4.79 Å². The van der Waals surface area contributed by atoms with Crippen LogP contribution in [0.4, 0.5) is 11.4 Å². The van der Waals surface area contributed by atoms with Crippen LogP contribution < -0.4 is 10.1 Å². The maximum absolute atomic E-state index is 11.2. The largest absolute Gasteiger partial charge is 0.495 e. The van der Waals surface area contributed by atoms with Crippen LogP contribution in [0, 0.1) is 0 Å². The summed E-state index contributed by atoms with van der Waals surface area (Å²) in [5, 5.41) is 13.0. The topological polar surface area (TPSA) is 58.6 Å². The molecule has 4 nitrogen and oxygen atoms in total. The van der Waals surface area contributed by atoms with Crippen LogP contribution >= 0.6 is 23.2 Å². The molecule has 0 aromatic heterocycles. The first-order chi connectivity index (χ1) is 9.51. The Kier molecular flexibility index (Phi) is 4.37. The quantitative estimate of drug-likeness (QED) is 0.876. The molecule has 104 valence electrons. The van der Waals surface area contributed by atoms with Gasteiger partial charge in [0.05, 0.1) is 23.4 Å². The number of carbonyl (C=O) groups is 1. The van der Waals surface area contributed by atoms with E-state index >= 15 is 0 Å². The average Bonchev–Trinajstić information content (AvgIpc) is 2.42. The van der Waals surface area contributed by atoms with Gasteiger partial charge in [0.2, 0.25) is 0 Å². The van der Waals surface area contributed by atoms with Gasteiger partial charge in [0.25, 0.3) is 0 Å². The van der Waals surface area contributed by atoms with E-state index in [-0.39, 0.29) is 5.56 Å². The predicted molar refractivity (Wildman–Crippen MR) is 79.7 cm³/mol. The van der Waals surface area contributed by atoms with Gasteiger partial charge in [0.1, 0.15) is 5.75 Å². The summed E-state index contributed by atoms with van der Waals surface area (Å²) in [6.45, 7) is 0. The molecule has 2 aromatic carbocycles. The zero-order valence-corrected chi connectivity index (χ0v) is 12.0. The summed E-state index contributed by atoms with van der Waals surface area (Å²) in [4.78, 5) is 11.2. The zero-order chi connectivity index (χ0) is 14.7. The second-order valence-corrected chi connectivity index (χ2v) is 4.81. The number of methoxy groups -OCH3 is 1. The summed E-state index contributed by atoms with van der Waals surface area (Å²) >= 11 is 11.7. The Morgan fingerprint density at radius 3 is 2.60 bits per heavy atom. The van der Waals surface area contributed by atoms with Gasteiger partial charge in [-0.2, -0.15) is 0 Å². The third kappa shape index (κ3) is 3.15. The number of hydrogen-bond donors (Lipinski definition) is 2. The van der Waals surface area contributed by atoms with Gasteiger partial charge in [-0.3, -0.25) is 0 Å². The number of rotatable bonds is 4. The third-order valence-corrected chi connectivity index (χ3v) is 3.19. The number of benzene rings is 2. The fourth-order valence-corrected chi connectivity index (χ4v) is 2.06. The summed E-state index contributed by atoms with van der Waals surface area (Å²) in [6, 6.07) is 9.68. The molecule has 0 heterocycles. The predicted octanol–water partition coefficient (Wildman–Crippen LogP) is 4.44. The monoisotopic (exact) mass is 311 g/mol. The second kappa shape index (κ2) is 6.03. The van der Waals surface area contributed by atoms with Crippen molar-refractivity contribution in [2.24, 2.45) is 0 Å². The normalized spacial score (nSPS) is 10.2. The van der Waals surface area contributed by atoms with Crippen molar-refractivity contribution in [1.82, 2.24) is 0 Å². The molecule has 20 heavy (non-hydrogen) atoms. The summed E-state index contributed by atoms with van der Waals surface area (Å²) < 4.78 is 5.11. The molecular weight excluding hydrogens is 301 g/mol. The van der Waals surface area contributed by atoms with E-state index in [2.05, 4.69) is 5.32 Å². The first-order valence-electron chi connectivity index (χ1n) is 5.64. The highest BCUT2D eigenvalue weighted by Crippen LogP contribution is 2.30. The molecule has 6 heteroatoms. The molecule has 0 spiro atoms. The van der Waals surface area contributed by atoms with Crippen molar-refractivity contribution in [2.45, 2.75) is 0 Å². The number of hydrogen-bond acceptors (Lipinski definition) is 3. The average molecular weight is 312 g/mol. The van der Waals surface area contributed by atoms with E-state index in [1.807, 2.05) is 0 Å². The summed E-state index contributed by atoms with van der Waals surface area (Å²) in [5.41, 5.74) is 1.19. The Hall–Kier alpha value is -1.91. The van der Waals surface area contributed by atoms with Crippen molar-refractivity contribution in [3.8, 4) is 5.75 Å². The van der Waals surface area contributed by atoms with Crippen LogP contribution in [0.2, 0.25) is 10.0 Å². The molecule has 0 fully saturated rings. The van der Waals surface area contributed by atoms with E-state index in [4.69, 9.17) is 33.0 Å². The highest BCUT2D eigenvalue weighted by Gasteiger charge is 2.11. The Bertz CT molecular complexity index is 659. The third-order valence-electron chi connectivity index (χ3n) is 2.64. The number of carboxylic acids is 1. The SMILES string of the molecule is COc1cc(Nc2ccc(Cl)cc2C(=O)O)ccc1Cl. The smallest absolute Gasteiger partial charge is 0.337 e. The van der Waals surface area contributed by atoms with Crippen molar-refractivity contribution in [3.63, 3.8) is 0 Å². The molecule has 2 aromatic rings. The Morgan fingerprint density at radius 1 is 1.20 bits per heavy atom. The van der Waals surface area contributed by atoms with Gasteiger partial charge >= 0.3 is 5.97 Å². The molecule has 0 amide bonds. The molecule has 2 rings (SSSR count). The second-order valence-electron chi connectivity index (χ2n) is 3.97. The van der Waals surface area contributed by atoms with Crippen LogP contribution in [0.5, 0.6) is 5.75 Å². The van der Waals surface area contributed by atoms with Crippen LogP contribution in [-0.4, -0.2) is 18.2 Å². The molecular formula is C14H11Cl2NO3. The fraction of sp³-hybridized carbons (Fsp3) is 0.0714. The van der Waals surface area contributed by atoms with Crippen molar-refractivity contribution in [2.75, 3.05) is 12.4 Å². The molecule has 0 bridgehead atoms. The molecule has 0 saturated carbocycles. The van der Waals surface area contributed by atoms with E-state index in [1.165, 1.54) is 13.2 Å². The highest BCUT2D eigenvalue weighted by molar-refractivity contribution is 6.32. The molecule has 0 radical (unpaired) electrons. The lowest BCUT2D eigenvalue weighted by atomic mass is 10.1. The minimum Gasteiger partial charge on any atom is -0.495 e. The number of anilines is 2. The van der Waals surface area contributed by atoms with Crippen LogP contribution in [0.3, 0.4) is 0 Å². The van der Waals surface area contributed by atoms with Gasteiger partial charge in [0, 0.05) is 16.8 Å². The minimum absolute atomic E-state index is 0.0893. The number of aromatic carboxylic acids is 1. The van der Waals surface area contributed by atoms with Gasteiger partial charge < -0.3 is 15.2 Å². The van der Waals surface area contributed by atoms with E-state index in [0.29, 0.717) is 27.2 Å². The van der Waals surface area contributed by atoms with Crippen molar-refractivity contribution < 1.29 is 14.6 Å². The van der Waals surface area contributed by atoms with Crippen LogP contribution in [0.25, 0.3) is 0 Å². The number of ether oxygens (including phenoxy) is 1. The Balaban J connectivity index is 2.37. The van der Waals surface area contributed by atoms with Gasteiger partial charge in [0.15, 0.2) is 0 Å². The molecule has 0 aliphatic carbocycles. The van der Waals surface area contributed by atoms with Crippen molar-refractivity contribution in [3.05, 3.63) is 52.0 Å². The van der Waals surface area contributed by atoms with E-state index < -0.39 is 5.97 Å². The van der Waals surface area contributed by atoms with Crippen LogP contribution in [-0.2, 0) is 0 Å². The van der Waals surface area contributed by atoms with E-state index in [0.717, 1.165) is 0 Å². The maximum atomic E-state index is 11.2. The van der Waals surface area contributed by atoms with Crippen molar-refractivity contribution >= 4 is 40.5 Å². The molecule has 0 aliphatic heterocycles. The van der Waals surface area contributed by atoms with Crippen LogP contribution in [0.1, 0.15) is 10.4 Å². The highest BCUT2D eigenvalue weighted by atomic mass is 35.5. The lowest BCUT2D eigenvalue weighted by Gasteiger charge is -2.11. The maximum Gasteiger partial charge on any atom is 0.337 e. The number of halogens is 2. The first kappa shape index (κ1) is 14.5. The minimum atomic E-state index is -1.06. The standard InChI is InChI=1S/C14H11Cl2NO3/c1-20-13-7-9(3-4-11(13)16)17-12-5-2-8(15)6-10(12)14(18)19/h2-7,17H,1H3,(H,18,19). The van der Waals surface area contributed by atoms with Gasteiger partial charge in [-0.25, -0.2) is 4.79 Å². The first-order valence-corrected chi connectivity index (χ1v) is 6.40. The lowest BCUT2D eigenvalue weighted by molar-refractivity contribution is 0.0698. The molecule has 2 N–H and O–H groups in total. The van der Waals surface area contributed by atoms with Crippen molar-refractivity contribution in [1.29, 1.82) is 0 Å². The number of nitrogens with one attached hydrogen (secondary N) is 1. The molecule has 0 saturated heterocycles. The fourth-order valence-electron chi connectivity index (χ4n) is 1.70. The Labute approximate surface area is 125 Å². The van der Waals surface area contributed by atoms with Gasteiger partial charge in [-0.05, 0) is 30.3 Å². The van der Waals surface area contributed by atoms with Gasteiger partial charge in [-0.1, -0.05) is 23.2 Å². The zero-order valence-electron chi connectivity index (χ0n) is 10.5. The molecule has 0 atom stereocenters. The van der Waals surface area contributed by atoms with E-state index in [1.54, 1.807) is 30.3 Å². The Morgan fingerprint density at radius 2 is 1.95 bits per heavy atom. The lowest BCUT2D eigenvalue weighted by Crippen LogP contribution is -2.02. The molecule has 0 unspecified atom stereocenters. The van der Waals surface area contributed by atoms with Crippen LogP contribution in [0.15, 0.2) is 36.4 Å². The summed E-state index contributed by atoms with van der Waals surface area (Å²) in [6.07, 6.45) is 0. The number of carboxylic acid groups (broad SMARTS) is 1. The molecule has 0 aliphatic rings. The van der Waals surface area contributed by atoms with Gasteiger partial charge in [-0.15, -0.1) is 0 Å².